The minimum absolute atomic E-state index is 0.000117. The number of nitrogens with zero attached hydrogens (tertiary/aromatic N) is 3. The van der Waals surface area contributed by atoms with Crippen LogP contribution in [0.1, 0.15) is 161 Å². The fraction of sp³-hybridized carbons (Fsp3) is 0.633. The number of aliphatic hydroxyl groups excluding tert-OH is 8. The lowest BCUT2D eigenvalue weighted by Crippen LogP contribution is -2.70. The number of hydrogen-bond donors (Lipinski definition) is 15. The lowest BCUT2D eigenvalue weighted by atomic mass is 9.44. The molecule has 137 heavy (non-hydrogen) atoms. The van der Waals surface area contributed by atoms with Crippen LogP contribution in [0.4, 0.5) is 20.2 Å². The van der Waals surface area contributed by atoms with E-state index in [4.69, 9.17) is 57.9 Å². The number of unbranched alkanes of at least 4 members (excludes halogenated alkanes) is 1. The van der Waals surface area contributed by atoms with Crippen molar-refractivity contribution in [2.24, 2.45) is 44.5 Å². The summed E-state index contributed by atoms with van der Waals surface area (Å²) in [6, 6.07) is 17.5. The maximum absolute atomic E-state index is 18.2. The second kappa shape index (κ2) is 49.1. The van der Waals surface area contributed by atoms with E-state index in [2.05, 4.69) is 60.4 Å². The Kier molecular flexibility index (Phi) is 38.1. The summed E-state index contributed by atoms with van der Waals surface area (Å²) < 4.78 is 99.8. The molecule has 4 aliphatic heterocycles. The van der Waals surface area contributed by atoms with E-state index in [0.29, 0.717) is 56.3 Å². The molecule has 3 aromatic rings. The van der Waals surface area contributed by atoms with Crippen LogP contribution in [0.2, 0.25) is 0 Å². The molecule has 4 saturated carbocycles. The van der Waals surface area contributed by atoms with Gasteiger partial charge in [-0.1, -0.05) is 114 Å². The second-order valence-corrected chi connectivity index (χ2v) is 37.1. The predicted octanol–water partition coefficient (Wildman–Crippen LogP) is 3.21. The van der Waals surface area contributed by atoms with E-state index in [1.807, 2.05) is 62.4 Å². The number of para-hydroxylation sites is 1. The summed E-state index contributed by atoms with van der Waals surface area (Å²) >= 11 is 0. The highest BCUT2D eigenvalue weighted by molar-refractivity contribution is 6.44. The number of nitrogens with two attached hydrogens (primary N) is 1. The van der Waals surface area contributed by atoms with Gasteiger partial charge in [0.05, 0.1) is 96.2 Å². The van der Waals surface area contributed by atoms with Crippen molar-refractivity contribution in [1.29, 1.82) is 0 Å². The van der Waals surface area contributed by atoms with Gasteiger partial charge in [0.15, 0.2) is 30.1 Å². The van der Waals surface area contributed by atoms with Crippen molar-refractivity contribution < 1.29 is 140 Å². The molecule has 12 rings (SSSR count). The van der Waals surface area contributed by atoms with Gasteiger partial charge in [-0.25, -0.2) is 8.78 Å². The van der Waals surface area contributed by atoms with Crippen LogP contribution < -0.4 is 47.4 Å². The molecule has 39 heteroatoms. The minimum Gasteiger partial charge on any atom is -0.486 e. The number of ether oxygens (including phenoxy) is 11. The fourth-order valence-corrected chi connectivity index (χ4v) is 20.1. The van der Waals surface area contributed by atoms with Gasteiger partial charge in [-0.15, -0.1) is 0 Å². The molecule has 3 aromatic carbocycles. The highest BCUT2D eigenvalue weighted by atomic mass is 19.1. The van der Waals surface area contributed by atoms with Crippen LogP contribution >= 0.6 is 0 Å². The van der Waals surface area contributed by atoms with Crippen LogP contribution in [0.25, 0.3) is 0 Å². The third-order valence-corrected chi connectivity index (χ3v) is 27.5. The lowest BCUT2D eigenvalue weighted by molar-refractivity contribution is -0.341. The number of rotatable bonds is 45. The molecular weight excluding hydrogens is 1790 g/mol. The first-order chi connectivity index (χ1) is 65.7. The third kappa shape index (κ3) is 25.1. The maximum Gasteiger partial charge on any atom is 0.246 e. The third-order valence-electron chi connectivity index (χ3n) is 27.5. The normalized spacial score (nSPS) is 31.1. The van der Waals surface area contributed by atoms with Gasteiger partial charge in [0.25, 0.3) is 0 Å². The molecule has 3 saturated heterocycles. The van der Waals surface area contributed by atoms with E-state index < -0.39 is 212 Å². The van der Waals surface area contributed by atoms with Crippen molar-refractivity contribution in [3.05, 3.63) is 125 Å². The van der Waals surface area contributed by atoms with Crippen molar-refractivity contribution in [2.45, 2.75) is 272 Å². The van der Waals surface area contributed by atoms with Gasteiger partial charge < -0.3 is 136 Å². The number of Topliss-reactive ketones (excluding diaryl/α,β-unsaturated/α-hetero) is 1. The van der Waals surface area contributed by atoms with E-state index in [9.17, 15) is 74.4 Å². The average Bonchev–Trinajstić information content (AvgIpc) is 1.51. The molecule has 24 atom stereocenters. The Hall–Kier alpha value is -9.52. The van der Waals surface area contributed by atoms with Gasteiger partial charge >= 0.3 is 0 Å². The molecule has 0 radical (unpaired) electrons. The Morgan fingerprint density at radius 3 is 2.09 bits per heavy atom. The van der Waals surface area contributed by atoms with Crippen LogP contribution in [0, 0.1) is 40.4 Å². The number of amides is 7. The Balaban J connectivity index is 0.596. The summed E-state index contributed by atoms with van der Waals surface area (Å²) in [5.74, 6) is 6.18. The zero-order valence-electron chi connectivity index (χ0n) is 78.4. The van der Waals surface area contributed by atoms with Gasteiger partial charge in [-0.05, 0) is 149 Å². The number of hydrogen-bond acceptors (Lipinski definition) is 30. The number of halogens is 2. The molecule has 5 aliphatic carbocycles. The Labute approximate surface area is 795 Å². The quantitative estimate of drug-likeness (QED) is 0.0167. The summed E-state index contributed by atoms with van der Waals surface area (Å²) in [6.45, 7) is 13.5. The van der Waals surface area contributed by atoms with Crippen molar-refractivity contribution in [3.63, 3.8) is 0 Å². The first-order valence-electron chi connectivity index (χ1n) is 47.5. The van der Waals surface area contributed by atoms with Gasteiger partial charge in [0.1, 0.15) is 104 Å². The van der Waals surface area contributed by atoms with E-state index in [1.54, 1.807) is 43.9 Å². The number of benzene rings is 3. The standard InChI is InChI=1S/C98H134F2N10O27/c1-8-18-81-135-76-49-64-65-48-67(99)66-47-57(4)34-36-95(66,6)97(65,100)74(113)50-96(64,7)98(76,137-81)75(114)54-131-63-30-28-62(29-31-63)105-90(124)58(5)104-92(126)82(56(2)3)108-91(125)69(106-78(116)35-39-127-41-43-129-45-46-130-44-42-128-40-38-103-77(115)32-33-80(118)110-51-61-21-13-12-19-59(61)26-27-60-20-14-15-24-70(60)110)23-16-17-37-102-79(117)55-132-71-25-11-9-10-22-68(83(71)109-101)107-93-87(122)86(121)89(73(53-112)133-93)136-94-88(123)85(120)84(119)72(52-111)134-94/h12-15,19-21,24,28-31,34,36,47,56,58,64-65,67,69,71-74,76,81-82,84-89,93-94,111-113,119-123H,4,8-11,16-18,22-23,25,32-33,35,37-46,48-55,101H2,1-3,5-7H3,(H,102,117)(H,103,115)(H,104,126)(H,105,124)(H,106,116)(H,108,125)/t58-,64-,65-,67-,69+,71?,72+,73+,74-,76+,81?,82-,84+,85-,86+,87+,88+,89+,93-,94+,95-,96-,97-,98+/m0/s1. The lowest BCUT2D eigenvalue weighted by Gasteiger charge is -2.63. The van der Waals surface area contributed by atoms with Gasteiger partial charge in [0.2, 0.25) is 47.1 Å². The van der Waals surface area contributed by atoms with Crippen molar-refractivity contribution in [1.82, 2.24) is 26.6 Å². The molecule has 0 bridgehead atoms. The van der Waals surface area contributed by atoms with Crippen molar-refractivity contribution in [3.8, 4) is 17.6 Å². The monoisotopic (exact) mass is 1920 g/mol. The smallest absolute Gasteiger partial charge is 0.246 e. The fourth-order valence-electron chi connectivity index (χ4n) is 20.1. The summed E-state index contributed by atoms with van der Waals surface area (Å²) in [5, 5.41) is 107. The number of ketones is 1. The number of aliphatic imine (C=N–C) groups is 1. The number of alkyl halides is 2. The molecule has 0 aromatic heterocycles. The highest BCUT2D eigenvalue weighted by Crippen LogP contribution is 2.72. The van der Waals surface area contributed by atoms with Crippen LogP contribution in [-0.4, -0.2) is 313 Å². The average molecular weight is 1920 g/mol. The summed E-state index contributed by atoms with van der Waals surface area (Å²) in [7, 11) is 0. The van der Waals surface area contributed by atoms with E-state index in [-0.39, 0.29) is 170 Å². The topological polar surface area (TPSA) is 526 Å². The SMILES string of the molecule is C=C1C=C[C@@]2(C)C(=C1)[C@@H](F)C[C@H]1[C@@H]3C[C@H]4OC(CCC)O[C@@]4(C(=O)COc4ccc(NC(=O)[C@H](C)NC(=O)[C@@H](NC(=O)[C@@H](CCCCNC(=O)COC5CCCCCC(=N[C@H]6O[C@H](CO)[C@@H](O[C@H]7O[C@H](CO)[C@@H](O)[C@H](O)[C@H]7O)[C@H](O)[C@H]6O)C5=NN)NC(=O)CCOCCOCCOCCOCCNC(=O)CCC(=O)N5Cc6ccccc6C#Cc6ccccc65)C(C)C)cc4)[C@@]3(C)C[C@H](O)[C@@]12F. The highest BCUT2D eigenvalue weighted by Gasteiger charge is 2.80. The molecular formula is C98H134F2N10O27. The van der Waals surface area contributed by atoms with E-state index >= 15 is 13.6 Å². The summed E-state index contributed by atoms with van der Waals surface area (Å²) in [4.78, 5) is 117. The predicted molar refractivity (Wildman–Crippen MR) is 493 cm³/mol. The number of allylic oxidation sites excluding steroid dienone is 5. The molecule has 2 unspecified atom stereocenters. The van der Waals surface area contributed by atoms with E-state index in [0.717, 1.165) is 16.7 Å². The first-order valence-corrected chi connectivity index (χ1v) is 47.5. The second-order valence-electron chi connectivity index (χ2n) is 37.1. The number of hydrazone groups is 1. The number of aliphatic hydroxyl groups is 8. The molecule has 9 aliphatic rings. The molecule has 0 spiro atoms. The maximum atomic E-state index is 18.2. The Morgan fingerprint density at radius 2 is 1.38 bits per heavy atom. The Bertz CT molecular complexity index is 4860. The van der Waals surface area contributed by atoms with Gasteiger partial charge in [0, 0.05) is 65.9 Å². The zero-order valence-corrected chi connectivity index (χ0v) is 78.4. The summed E-state index contributed by atoms with van der Waals surface area (Å²) in [6.07, 6.45) is -13.9. The molecule has 37 nitrogen and oxygen atoms in total. The number of fused-ring (bicyclic) bond motifs is 9. The van der Waals surface area contributed by atoms with Crippen molar-refractivity contribution in [2.75, 3.05) is 103 Å². The molecule has 7 fully saturated rings. The molecule has 752 valence electrons. The van der Waals surface area contributed by atoms with Crippen LogP contribution in [0.15, 0.2) is 119 Å². The molecule has 16 N–H and O–H groups in total. The zero-order chi connectivity index (χ0) is 98.5. The first kappa shape index (κ1) is 106. The van der Waals surface area contributed by atoms with Crippen LogP contribution in [0.5, 0.6) is 5.75 Å². The number of nitrogens with one attached hydrogen (secondary N) is 6. The molecule has 7 amide bonds. The molecule has 4 heterocycles. The van der Waals surface area contributed by atoms with Crippen LogP contribution in [-0.2, 0) is 92.3 Å². The minimum atomic E-state index is -2.29. The number of carbonyl (C=O) groups excluding carboxylic acids is 8. The van der Waals surface area contributed by atoms with E-state index in [1.165, 1.54) is 31.2 Å². The van der Waals surface area contributed by atoms with Gasteiger partial charge in [-0.2, -0.15) is 5.10 Å². The largest absolute Gasteiger partial charge is 0.486 e. The van der Waals surface area contributed by atoms with Gasteiger partial charge in [-0.3, -0.25) is 43.3 Å². The summed E-state index contributed by atoms with van der Waals surface area (Å²) in [5.41, 5.74) is -2.13. The van der Waals surface area contributed by atoms with Crippen molar-refractivity contribution >= 4 is 69.9 Å². The Morgan fingerprint density at radius 1 is 0.693 bits per heavy atom. The van der Waals surface area contributed by atoms with Crippen LogP contribution in [0.3, 0.4) is 0 Å². The number of carbonyl (C=O) groups is 8. The number of anilines is 2.